The maximum atomic E-state index is 4.55. The molecule has 2 heterocycles. The maximum absolute atomic E-state index is 4.55. The number of nitrogens with zero attached hydrogens (tertiary/aromatic N) is 2. The summed E-state index contributed by atoms with van der Waals surface area (Å²) in [5.41, 5.74) is 2.27. The summed E-state index contributed by atoms with van der Waals surface area (Å²) >= 11 is 0. The first-order valence-corrected chi connectivity index (χ1v) is 8.02. The summed E-state index contributed by atoms with van der Waals surface area (Å²) in [5, 5.41) is 1.45. The summed E-state index contributed by atoms with van der Waals surface area (Å²) in [4.78, 5) is 9.11. The Morgan fingerprint density at radius 3 is 1.95 bits per heavy atom. The van der Waals surface area contributed by atoms with E-state index < -0.39 is 7.92 Å². The smallest absolute Gasteiger partial charge is 0.0733 e. The molecule has 0 radical (unpaired) electrons. The average molecular weight is 270 g/mol. The quantitative estimate of drug-likeness (QED) is 0.776. The van der Waals surface area contributed by atoms with E-state index in [1.807, 2.05) is 24.5 Å². The Morgan fingerprint density at radius 1 is 1.00 bits per heavy atom. The van der Waals surface area contributed by atoms with Gasteiger partial charge in [0.25, 0.3) is 0 Å². The predicted octanol–water partition coefficient (Wildman–Crippen LogP) is 3.61. The van der Waals surface area contributed by atoms with Gasteiger partial charge >= 0.3 is 0 Å². The van der Waals surface area contributed by atoms with E-state index >= 15 is 0 Å². The molecule has 0 spiro atoms. The van der Waals surface area contributed by atoms with Crippen molar-refractivity contribution < 1.29 is 0 Å². The van der Waals surface area contributed by atoms with Crippen LogP contribution < -0.4 is 10.9 Å². The minimum atomic E-state index is -0.581. The zero-order valence-corrected chi connectivity index (χ0v) is 12.3. The molecule has 0 fully saturated rings. The molecule has 0 atom stereocenters. The van der Waals surface area contributed by atoms with Crippen LogP contribution in [0, 0.1) is 0 Å². The molecular formula is C16H19N2P. The highest BCUT2D eigenvalue weighted by molar-refractivity contribution is 7.76. The largest absolute Gasteiger partial charge is 0.256 e. The van der Waals surface area contributed by atoms with E-state index in [0.717, 1.165) is 23.7 Å². The summed E-state index contributed by atoms with van der Waals surface area (Å²) in [7, 11) is -0.581. The fraction of sp³-hybridized carbons (Fsp3) is 0.250. The van der Waals surface area contributed by atoms with Crippen LogP contribution >= 0.6 is 7.92 Å². The van der Waals surface area contributed by atoms with E-state index in [-0.39, 0.29) is 0 Å². The number of hydrogen-bond acceptors (Lipinski definition) is 2. The van der Waals surface area contributed by atoms with Gasteiger partial charge in [0.2, 0.25) is 0 Å². The van der Waals surface area contributed by atoms with Crippen LogP contribution in [0.4, 0.5) is 0 Å². The van der Waals surface area contributed by atoms with E-state index in [9.17, 15) is 0 Å². The maximum Gasteiger partial charge on any atom is 0.0733 e. The lowest BCUT2D eigenvalue weighted by Gasteiger charge is -2.19. The minimum Gasteiger partial charge on any atom is -0.256 e. The molecule has 2 rings (SSSR count). The van der Waals surface area contributed by atoms with Gasteiger partial charge in [0.05, 0.1) is 10.9 Å². The van der Waals surface area contributed by atoms with Gasteiger partial charge in [0.15, 0.2) is 0 Å². The Labute approximate surface area is 116 Å². The fourth-order valence-corrected chi connectivity index (χ4v) is 4.35. The molecule has 0 amide bonds. The average Bonchev–Trinajstić information content (AvgIpc) is 2.49. The van der Waals surface area contributed by atoms with Crippen molar-refractivity contribution in [2.45, 2.75) is 26.7 Å². The third-order valence-electron chi connectivity index (χ3n) is 2.85. The first-order chi connectivity index (χ1) is 9.36. The van der Waals surface area contributed by atoms with Gasteiger partial charge < -0.3 is 0 Å². The Kier molecular flexibility index (Phi) is 5.23. The number of aromatic nitrogens is 2. The van der Waals surface area contributed by atoms with Crippen LogP contribution in [0.2, 0.25) is 0 Å². The van der Waals surface area contributed by atoms with Crippen molar-refractivity contribution in [3.05, 3.63) is 60.2 Å². The monoisotopic (exact) mass is 270 g/mol. The number of pyridine rings is 2. The van der Waals surface area contributed by atoms with Gasteiger partial charge in [0.1, 0.15) is 0 Å². The molecule has 98 valence electrons. The van der Waals surface area contributed by atoms with Crippen LogP contribution in [-0.2, 0) is 0 Å². The number of rotatable bonds is 5. The highest BCUT2D eigenvalue weighted by atomic mass is 31.1. The van der Waals surface area contributed by atoms with Gasteiger partial charge in [-0.2, -0.15) is 0 Å². The van der Waals surface area contributed by atoms with E-state index in [1.165, 1.54) is 5.31 Å². The molecule has 0 aliphatic heterocycles. The fourth-order valence-electron chi connectivity index (χ4n) is 2.01. The second-order valence-corrected chi connectivity index (χ2v) is 6.33. The third kappa shape index (κ3) is 3.48. The first-order valence-electron chi connectivity index (χ1n) is 6.68. The highest BCUT2D eigenvalue weighted by Crippen LogP contribution is 2.43. The van der Waals surface area contributed by atoms with Crippen LogP contribution in [-0.4, -0.2) is 9.97 Å². The molecule has 0 N–H and O–H groups in total. The second kappa shape index (κ2) is 7.16. The summed E-state index contributed by atoms with van der Waals surface area (Å²) in [6.45, 7) is 4.39. The molecule has 0 saturated heterocycles. The summed E-state index contributed by atoms with van der Waals surface area (Å²) < 4.78 is 0. The molecule has 0 aliphatic carbocycles. The highest BCUT2D eigenvalue weighted by Gasteiger charge is 2.19. The van der Waals surface area contributed by atoms with Gasteiger partial charge in [-0.15, -0.1) is 0 Å². The molecular weight excluding hydrogens is 251 g/mol. The molecule has 0 unspecified atom stereocenters. The van der Waals surface area contributed by atoms with Gasteiger partial charge in [-0.1, -0.05) is 32.1 Å². The molecule has 0 saturated carbocycles. The predicted molar refractivity (Wildman–Crippen MR) is 83.3 cm³/mol. The summed E-state index contributed by atoms with van der Waals surface area (Å²) in [5.74, 6) is 0. The second-order valence-electron chi connectivity index (χ2n) is 4.17. The van der Waals surface area contributed by atoms with E-state index in [4.69, 9.17) is 0 Å². The standard InChI is InChI=1S/C16H19N2P/c1-3-9-14(4-2)19(15-10-5-7-12-17-15)16-11-6-8-13-18-16/h5-13H,3-4H2,1-2H3/b14-9+. The topological polar surface area (TPSA) is 25.8 Å². The van der Waals surface area contributed by atoms with Gasteiger partial charge in [-0.25, -0.2) is 0 Å². The first kappa shape index (κ1) is 13.9. The molecule has 0 aliphatic rings. The van der Waals surface area contributed by atoms with Crippen LogP contribution in [0.25, 0.3) is 0 Å². The lowest BCUT2D eigenvalue weighted by molar-refractivity contribution is 1.13. The van der Waals surface area contributed by atoms with Crippen molar-refractivity contribution in [1.82, 2.24) is 9.97 Å². The molecule has 3 heteroatoms. The lowest BCUT2D eigenvalue weighted by atomic mass is 10.3. The van der Waals surface area contributed by atoms with Gasteiger partial charge in [-0.3, -0.25) is 9.97 Å². The van der Waals surface area contributed by atoms with Crippen LogP contribution in [0.1, 0.15) is 26.7 Å². The zero-order valence-electron chi connectivity index (χ0n) is 11.5. The number of hydrogen-bond donors (Lipinski definition) is 0. The Bertz CT molecular complexity index is 483. The Balaban J connectivity index is 2.48. The van der Waals surface area contributed by atoms with Crippen molar-refractivity contribution in [2.75, 3.05) is 0 Å². The SMILES string of the molecule is CC/C=C(\CC)P(c1ccccn1)c1ccccn1. The Morgan fingerprint density at radius 2 is 1.58 bits per heavy atom. The summed E-state index contributed by atoms with van der Waals surface area (Å²) in [6, 6.07) is 12.3. The zero-order chi connectivity index (χ0) is 13.5. The normalized spacial score (nSPS) is 11.8. The molecule has 0 aromatic carbocycles. The molecule has 19 heavy (non-hydrogen) atoms. The van der Waals surface area contributed by atoms with Crippen molar-refractivity contribution in [1.29, 1.82) is 0 Å². The van der Waals surface area contributed by atoms with Crippen molar-refractivity contribution in [2.24, 2.45) is 0 Å². The van der Waals surface area contributed by atoms with E-state index in [1.54, 1.807) is 0 Å². The molecule has 2 aromatic rings. The van der Waals surface area contributed by atoms with Gasteiger partial charge in [0, 0.05) is 20.3 Å². The van der Waals surface area contributed by atoms with E-state index in [0.29, 0.717) is 0 Å². The van der Waals surface area contributed by atoms with Gasteiger partial charge in [-0.05, 0) is 42.4 Å². The molecule has 0 bridgehead atoms. The van der Waals surface area contributed by atoms with Crippen LogP contribution in [0.5, 0.6) is 0 Å². The molecule has 2 aromatic heterocycles. The van der Waals surface area contributed by atoms with Crippen LogP contribution in [0.15, 0.2) is 60.2 Å². The van der Waals surface area contributed by atoms with Crippen molar-refractivity contribution >= 4 is 18.8 Å². The minimum absolute atomic E-state index is 0.581. The number of allylic oxidation sites excluding steroid dienone is 2. The van der Waals surface area contributed by atoms with Crippen molar-refractivity contribution in [3.63, 3.8) is 0 Å². The molecule has 2 nitrogen and oxygen atoms in total. The third-order valence-corrected chi connectivity index (χ3v) is 5.36. The summed E-state index contributed by atoms with van der Waals surface area (Å²) in [6.07, 6.45) is 8.17. The van der Waals surface area contributed by atoms with Crippen LogP contribution in [0.3, 0.4) is 0 Å². The van der Waals surface area contributed by atoms with E-state index in [2.05, 4.69) is 54.2 Å². The Hall–Kier alpha value is -1.53. The lowest BCUT2D eigenvalue weighted by Crippen LogP contribution is -2.17. The van der Waals surface area contributed by atoms with Crippen molar-refractivity contribution in [3.8, 4) is 0 Å².